The van der Waals surface area contributed by atoms with Crippen LogP contribution in [0.1, 0.15) is 0 Å². The maximum absolute atomic E-state index is 9.14. The van der Waals surface area contributed by atoms with Gasteiger partial charge in [0.05, 0.1) is 12.9 Å². The number of ether oxygens (including phenoxy) is 1. The summed E-state index contributed by atoms with van der Waals surface area (Å²) in [5.74, 6) is 0.654. The smallest absolute Gasteiger partial charge is 0.119 e. The molecule has 1 atom stereocenters. The largest absolute Gasteiger partial charge is 0.491 e. The van der Waals surface area contributed by atoms with E-state index in [0.717, 1.165) is 5.69 Å². The van der Waals surface area contributed by atoms with Crippen LogP contribution in [0, 0.1) is 0 Å². The number of hydrogen-bond donors (Lipinski definition) is 2. The second-order valence-corrected chi connectivity index (χ2v) is 3.61. The molecule has 0 bridgehead atoms. The van der Waals surface area contributed by atoms with Gasteiger partial charge in [-0.15, -0.1) is 0 Å². The Labute approximate surface area is 98.9 Å². The first-order valence-corrected chi connectivity index (χ1v) is 5.29. The van der Waals surface area contributed by atoms with E-state index in [1.165, 1.54) is 0 Å². The number of hydrogen-bond acceptors (Lipinski definition) is 4. The zero-order valence-electron chi connectivity index (χ0n) is 9.23. The average molecular weight is 234 g/mol. The molecule has 1 unspecified atom stereocenters. The number of aliphatic hydroxyl groups is 2. The van der Waals surface area contributed by atoms with Crippen molar-refractivity contribution in [2.75, 3.05) is 13.2 Å². The van der Waals surface area contributed by atoms with Crippen LogP contribution < -0.4 is 4.74 Å². The molecular formula is C12H14N2O3. The number of aliphatic hydroxyl groups excluding tert-OH is 2. The molecule has 5 nitrogen and oxygen atoms in total. The summed E-state index contributed by atoms with van der Waals surface area (Å²) < 4.78 is 7.18. The molecule has 5 heteroatoms. The van der Waals surface area contributed by atoms with Crippen molar-refractivity contribution in [1.29, 1.82) is 0 Å². The minimum Gasteiger partial charge on any atom is -0.491 e. The second kappa shape index (κ2) is 5.47. The number of benzene rings is 1. The molecule has 1 aromatic heterocycles. The molecule has 2 rings (SSSR count). The van der Waals surface area contributed by atoms with Crippen LogP contribution in [0.15, 0.2) is 43.0 Å². The highest BCUT2D eigenvalue weighted by atomic mass is 16.5. The van der Waals surface area contributed by atoms with Gasteiger partial charge in [0.2, 0.25) is 0 Å². The van der Waals surface area contributed by atoms with Crippen LogP contribution >= 0.6 is 0 Å². The highest BCUT2D eigenvalue weighted by Gasteiger charge is 2.03. The van der Waals surface area contributed by atoms with Crippen molar-refractivity contribution in [2.45, 2.75) is 6.10 Å². The molecule has 0 aliphatic heterocycles. The van der Waals surface area contributed by atoms with E-state index in [2.05, 4.69) is 4.98 Å². The van der Waals surface area contributed by atoms with Crippen LogP contribution in [0.25, 0.3) is 5.69 Å². The first kappa shape index (κ1) is 11.6. The highest BCUT2D eigenvalue weighted by molar-refractivity contribution is 5.37. The molecule has 0 amide bonds. The molecule has 0 saturated carbocycles. The Morgan fingerprint density at radius 3 is 2.65 bits per heavy atom. The molecule has 1 heterocycles. The molecular weight excluding hydrogens is 220 g/mol. The standard InChI is InChI=1S/C12H14N2O3/c15-7-11(16)8-17-12-3-1-10(2-4-12)14-6-5-13-9-14/h1-6,9,11,15-16H,7-8H2. The fraction of sp³-hybridized carbons (Fsp3) is 0.250. The van der Waals surface area contributed by atoms with E-state index in [-0.39, 0.29) is 13.2 Å². The van der Waals surface area contributed by atoms with E-state index in [1.54, 1.807) is 24.7 Å². The predicted molar refractivity (Wildman–Crippen MR) is 62.2 cm³/mol. The number of nitrogens with zero attached hydrogens (tertiary/aromatic N) is 2. The Kier molecular flexibility index (Phi) is 3.74. The molecule has 2 aromatic rings. The third-order valence-corrected chi connectivity index (χ3v) is 2.29. The van der Waals surface area contributed by atoms with E-state index in [9.17, 15) is 0 Å². The number of rotatable bonds is 5. The van der Waals surface area contributed by atoms with Gasteiger partial charge in [0.15, 0.2) is 0 Å². The Bertz CT molecular complexity index is 439. The number of imidazole rings is 1. The minimum atomic E-state index is -0.844. The zero-order chi connectivity index (χ0) is 12.1. The van der Waals surface area contributed by atoms with Crippen molar-refractivity contribution >= 4 is 0 Å². The molecule has 1 aromatic carbocycles. The number of aromatic nitrogens is 2. The van der Waals surface area contributed by atoms with Crippen LogP contribution in [0.4, 0.5) is 0 Å². The van der Waals surface area contributed by atoms with Gasteiger partial charge >= 0.3 is 0 Å². The summed E-state index contributed by atoms with van der Waals surface area (Å²) in [5, 5.41) is 17.8. The van der Waals surface area contributed by atoms with Crippen molar-refractivity contribution < 1.29 is 14.9 Å². The first-order valence-electron chi connectivity index (χ1n) is 5.29. The Morgan fingerprint density at radius 1 is 1.29 bits per heavy atom. The molecule has 0 fully saturated rings. The summed E-state index contributed by atoms with van der Waals surface area (Å²) >= 11 is 0. The third kappa shape index (κ3) is 3.05. The van der Waals surface area contributed by atoms with Crippen molar-refractivity contribution in [3.63, 3.8) is 0 Å². The van der Waals surface area contributed by atoms with Gasteiger partial charge in [-0.25, -0.2) is 4.98 Å². The third-order valence-electron chi connectivity index (χ3n) is 2.29. The van der Waals surface area contributed by atoms with Crippen LogP contribution in [-0.4, -0.2) is 39.1 Å². The molecule has 90 valence electrons. The summed E-state index contributed by atoms with van der Waals surface area (Å²) in [6.07, 6.45) is 4.43. The molecule has 0 aliphatic carbocycles. The van der Waals surface area contributed by atoms with E-state index >= 15 is 0 Å². The lowest BCUT2D eigenvalue weighted by atomic mass is 10.3. The summed E-state index contributed by atoms with van der Waals surface area (Å²) in [5.41, 5.74) is 0.984. The zero-order valence-corrected chi connectivity index (χ0v) is 9.23. The second-order valence-electron chi connectivity index (χ2n) is 3.61. The van der Waals surface area contributed by atoms with Crippen molar-refractivity contribution in [3.05, 3.63) is 43.0 Å². The van der Waals surface area contributed by atoms with Crippen molar-refractivity contribution in [3.8, 4) is 11.4 Å². The van der Waals surface area contributed by atoms with E-state index in [1.807, 2.05) is 22.9 Å². The highest BCUT2D eigenvalue weighted by Crippen LogP contribution is 2.15. The maximum atomic E-state index is 9.14. The molecule has 0 saturated heterocycles. The van der Waals surface area contributed by atoms with Gasteiger partial charge in [-0.1, -0.05) is 0 Å². The van der Waals surface area contributed by atoms with Crippen molar-refractivity contribution in [1.82, 2.24) is 9.55 Å². The van der Waals surface area contributed by atoms with Gasteiger partial charge in [0.1, 0.15) is 18.5 Å². The summed E-state index contributed by atoms with van der Waals surface area (Å²) in [6.45, 7) is -0.214. The van der Waals surface area contributed by atoms with Gasteiger partial charge < -0.3 is 19.5 Å². The minimum absolute atomic E-state index is 0.0842. The summed E-state index contributed by atoms with van der Waals surface area (Å²) in [6, 6.07) is 7.39. The molecule has 2 N–H and O–H groups in total. The normalized spacial score (nSPS) is 12.4. The fourth-order valence-electron chi connectivity index (χ4n) is 1.37. The van der Waals surface area contributed by atoms with Crippen LogP contribution in [0.3, 0.4) is 0 Å². The monoisotopic (exact) mass is 234 g/mol. The maximum Gasteiger partial charge on any atom is 0.119 e. The lowest BCUT2D eigenvalue weighted by Crippen LogP contribution is -2.21. The first-order chi connectivity index (χ1) is 8.29. The predicted octanol–water partition coefficient (Wildman–Crippen LogP) is 0.604. The van der Waals surface area contributed by atoms with Gasteiger partial charge in [0, 0.05) is 18.1 Å². The topological polar surface area (TPSA) is 67.5 Å². The fourth-order valence-corrected chi connectivity index (χ4v) is 1.37. The van der Waals surface area contributed by atoms with E-state index < -0.39 is 6.10 Å². The Balaban J connectivity index is 1.99. The molecule has 17 heavy (non-hydrogen) atoms. The van der Waals surface area contributed by atoms with Crippen molar-refractivity contribution in [2.24, 2.45) is 0 Å². The van der Waals surface area contributed by atoms with Gasteiger partial charge in [-0.2, -0.15) is 0 Å². The Morgan fingerprint density at radius 2 is 2.06 bits per heavy atom. The van der Waals surface area contributed by atoms with Gasteiger partial charge in [-0.05, 0) is 24.3 Å². The summed E-state index contributed by atoms with van der Waals surface area (Å²) in [4.78, 5) is 3.96. The molecule has 0 spiro atoms. The summed E-state index contributed by atoms with van der Waals surface area (Å²) in [7, 11) is 0. The molecule has 0 aliphatic rings. The lowest BCUT2D eigenvalue weighted by molar-refractivity contribution is 0.0536. The van der Waals surface area contributed by atoms with Gasteiger partial charge in [-0.3, -0.25) is 0 Å². The van der Waals surface area contributed by atoms with Crippen LogP contribution in [0.5, 0.6) is 5.75 Å². The van der Waals surface area contributed by atoms with Gasteiger partial charge in [0.25, 0.3) is 0 Å². The van der Waals surface area contributed by atoms with Crippen LogP contribution in [-0.2, 0) is 0 Å². The quantitative estimate of drug-likeness (QED) is 0.795. The Hall–Kier alpha value is -1.85. The molecule has 0 radical (unpaired) electrons. The average Bonchev–Trinajstić information content (AvgIpc) is 2.90. The van der Waals surface area contributed by atoms with E-state index in [0.29, 0.717) is 5.75 Å². The van der Waals surface area contributed by atoms with Crippen LogP contribution in [0.2, 0.25) is 0 Å². The lowest BCUT2D eigenvalue weighted by Gasteiger charge is -2.10. The SMILES string of the molecule is OCC(O)COc1ccc(-n2ccnc2)cc1. The van der Waals surface area contributed by atoms with E-state index in [4.69, 9.17) is 14.9 Å².